The lowest BCUT2D eigenvalue weighted by molar-refractivity contribution is 0.0944. The van der Waals surface area contributed by atoms with E-state index in [2.05, 4.69) is 10.6 Å². The fourth-order valence-corrected chi connectivity index (χ4v) is 4.14. The van der Waals surface area contributed by atoms with E-state index in [1.807, 2.05) is 67.8 Å². The summed E-state index contributed by atoms with van der Waals surface area (Å²) >= 11 is 7.94. The van der Waals surface area contributed by atoms with Crippen LogP contribution < -0.4 is 10.6 Å². The van der Waals surface area contributed by atoms with Crippen LogP contribution in [-0.4, -0.2) is 16.9 Å². The van der Waals surface area contributed by atoms with Gasteiger partial charge >= 0.3 is 0 Å². The number of nitrogens with zero attached hydrogens (tertiary/aromatic N) is 1. The van der Waals surface area contributed by atoms with Gasteiger partial charge in [-0.15, -0.1) is 11.3 Å². The molecule has 0 unspecified atom stereocenters. The van der Waals surface area contributed by atoms with E-state index >= 15 is 0 Å². The summed E-state index contributed by atoms with van der Waals surface area (Å²) in [6, 6.07) is 15.3. The molecule has 6 heteroatoms. The monoisotopic (exact) mass is 395 g/mol. The van der Waals surface area contributed by atoms with Crippen LogP contribution in [0, 0.1) is 0 Å². The third-order valence-electron chi connectivity index (χ3n) is 4.22. The molecule has 4 aromatic rings. The minimum atomic E-state index is -0.123. The first-order valence-electron chi connectivity index (χ1n) is 8.67. The van der Waals surface area contributed by atoms with Crippen molar-refractivity contribution in [3.05, 3.63) is 64.5 Å². The summed E-state index contributed by atoms with van der Waals surface area (Å²) < 4.78 is 1.09. The Labute approximate surface area is 166 Å². The van der Waals surface area contributed by atoms with Crippen molar-refractivity contribution in [1.82, 2.24) is 10.3 Å². The quantitative estimate of drug-likeness (QED) is 0.446. The van der Waals surface area contributed by atoms with Crippen molar-refractivity contribution in [3.8, 4) is 0 Å². The third kappa shape index (κ3) is 3.36. The van der Waals surface area contributed by atoms with Crippen LogP contribution in [-0.2, 0) is 0 Å². The number of halogens is 1. The second kappa shape index (κ2) is 7.18. The van der Waals surface area contributed by atoms with Gasteiger partial charge in [-0.25, -0.2) is 4.98 Å². The van der Waals surface area contributed by atoms with Crippen LogP contribution >= 0.6 is 22.9 Å². The van der Waals surface area contributed by atoms with E-state index in [9.17, 15) is 4.79 Å². The fraction of sp³-hybridized carbons (Fsp3) is 0.143. The summed E-state index contributed by atoms with van der Waals surface area (Å²) in [5, 5.41) is 10.9. The fourth-order valence-electron chi connectivity index (χ4n) is 3.03. The van der Waals surface area contributed by atoms with E-state index in [-0.39, 0.29) is 11.9 Å². The Morgan fingerprint density at radius 2 is 1.89 bits per heavy atom. The second-order valence-electron chi connectivity index (χ2n) is 6.56. The number of para-hydroxylation sites is 2. The number of amides is 1. The van der Waals surface area contributed by atoms with Crippen molar-refractivity contribution in [1.29, 1.82) is 0 Å². The summed E-state index contributed by atoms with van der Waals surface area (Å²) in [5.74, 6) is 0.569. The molecule has 0 spiro atoms. The number of fused-ring (bicyclic) bond motifs is 3. The molecule has 0 fully saturated rings. The van der Waals surface area contributed by atoms with Gasteiger partial charge in [0.05, 0.1) is 21.8 Å². The summed E-state index contributed by atoms with van der Waals surface area (Å²) in [6.45, 7) is 3.89. The summed E-state index contributed by atoms with van der Waals surface area (Å²) in [6.07, 6.45) is 0. The van der Waals surface area contributed by atoms with Gasteiger partial charge in [0.2, 0.25) is 0 Å². The molecule has 0 atom stereocenters. The van der Waals surface area contributed by atoms with E-state index in [1.165, 1.54) is 0 Å². The minimum Gasteiger partial charge on any atom is -0.350 e. The number of pyridine rings is 1. The lowest BCUT2D eigenvalue weighted by atomic mass is 10.1. The van der Waals surface area contributed by atoms with E-state index in [4.69, 9.17) is 16.6 Å². The number of thiophene rings is 1. The number of carbonyl (C=O) groups is 1. The van der Waals surface area contributed by atoms with Crippen LogP contribution in [0.2, 0.25) is 5.02 Å². The van der Waals surface area contributed by atoms with Gasteiger partial charge in [0.1, 0.15) is 5.82 Å². The van der Waals surface area contributed by atoms with Crippen LogP contribution in [0.5, 0.6) is 0 Å². The summed E-state index contributed by atoms with van der Waals surface area (Å²) in [7, 11) is 0. The molecule has 4 rings (SSSR count). The number of anilines is 2. The number of aromatic nitrogens is 1. The van der Waals surface area contributed by atoms with Crippen LogP contribution in [0.3, 0.4) is 0 Å². The molecule has 0 bridgehead atoms. The van der Waals surface area contributed by atoms with Crippen LogP contribution in [0.15, 0.2) is 53.9 Å². The Morgan fingerprint density at radius 3 is 2.67 bits per heavy atom. The lowest BCUT2D eigenvalue weighted by Gasteiger charge is -2.13. The van der Waals surface area contributed by atoms with Crippen LogP contribution in [0.25, 0.3) is 21.0 Å². The van der Waals surface area contributed by atoms with E-state index in [0.717, 1.165) is 21.2 Å². The zero-order valence-electron chi connectivity index (χ0n) is 14.9. The zero-order chi connectivity index (χ0) is 19.0. The van der Waals surface area contributed by atoms with Crippen molar-refractivity contribution in [2.75, 3.05) is 5.32 Å². The van der Waals surface area contributed by atoms with Gasteiger partial charge in [-0.3, -0.25) is 4.79 Å². The lowest BCUT2D eigenvalue weighted by Crippen LogP contribution is -2.30. The third-order valence-corrected chi connectivity index (χ3v) is 5.49. The molecule has 2 aromatic heterocycles. The van der Waals surface area contributed by atoms with Crippen molar-refractivity contribution >= 4 is 61.3 Å². The highest BCUT2D eigenvalue weighted by molar-refractivity contribution is 7.18. The van der Waals surface area contributed by atoms with Gasteiger partial charge in [0, 0.05) is 21.5 Å². The first-order valence-corrected chi connectivity index (χ1v) is 9.92. The highest BCUT2D eigenvalue weighted by atomic mass is 35.5. The molecule has 0 radical (unpaired) electrons. The van der Waals surface area contributed by atoms with Crippen molar-refractivity contribution in [2.45, 2.75) is 19.9 Å². The summed E-state index contributed by atoms with van der Waals surface area (Å²) in [4.78, 5) is 17.5. The maximum absolute atomic E-state index is 12.7. The Hall–Kier alpha value is -2.63. The number of rotatable bonds is 4. The van der Waals surface area contributed by atoms with Crippen molar-refractivity contribution < 1.29 is 4.79 Å². The molecule has 4 nitrogen and oxygen atoms in total. The largest absolute Gasteiger partial charge is 0.350 e. The van der Waals surface area contributed by atoms with Gasteiger partial charge in [-0.05, 0) is 43.5 Å². The Kier molecular flexibility index (Phi) is 4.72. The van der Waals surface area contributed by atoms with E-state index in [0.29, 0.717) is 21.9 Å². The predicted octanol–water partition coefficient (Wildman–Crippen LogP) is 5.98. The van der Waals surface area contributed by atoms with Crippen molar-refractivity contribution in [2.24, 2.45) is 0 Å². The van der Waals surface area contributed by atoms with Crippen LogP contribution in [0.1, 0.15) is 24.2 Å². The molecule has 2 N–H and O–H groups in total. The molecule has 0 saturated heterocycles. The molecule has 2 aromatic carbocycles. The number of nitrogens with one attached hydrogen (secondary N) is 2. The molecule has 0 aliphatic heterocycles. The van der Waals surface area contributed by atoms with Crippen molar-refractivity contribution in [3.63, 3.8) is 0 Å². The normalized spacial score (nSPS) is 11.3. The molecule has 0 aliphatic rings. The molecule has 0 saturated carbocycles. The molecule has 136 valence electrons. The molecule has 27 heavy (non-hydrogen) atoms. The van der Waals surface area contributed by atoms with Gasteiger partial charge in [-0.2, -0.15) is 0 Å². The van der Waals surface area contributed by atoms with E-state index < -0.39 is 0 Å². The Balaban J connectivity index is 1.92. The maximum Gasteiger partial charge on any atom is 0.253 e. The highest BCUT2D eigenvalue weighted by Crippen LogP contribution is 2.36. The van der Waals surface area contributed by atoms with E-state index in [1.54, 1.807) is 11.3 Å². The number of hydrogen-bond donors (Lipinski definition) is 2. The SMILES string of the molecule is CC(C)NC(=O)c1cccc2c1nc(Nc1ccccc1Cl)c1ccsc12. The minimum absolute atomic E-state index is 0.0546. The topological polar surface area (TPSA) is 54.0 Å². The molecule has 2 heterocycles. The average molecular weight is 396 g/mol. The highest BCUT2D eigenvalue weighted by Gasteiger charge is 2.17. The second-order valence-corrected chi connectivity index (χ2v) is 7.88. The number of hydrogen-bond acceptors (Lipinski definition) is 4. The predicted molar refractivity (Wildman–Crippen MR) is 114 cm³/mol. The zero-order valence-corrected chi connectivity index (χ0v) is 16.5. The number of carbonyl (C=O) groups excluding carboxylic acids is 1. The maximum atomic E-state index is 12.7. The van der Waals surface area contributed by atoms with Gasteiger partial charge < -0.3 is 10.6 Å². The smallest absolute Gasteiger partial charge is 0.253 e. The first kappa shape index (κ1) is 17.8. The molecular formula is C21H18ClN3OS. The average Bonchev–Trinajstić information content (AvgIpc) is 3.13. The van der Waals surface area contributed by atoms with Gasteiger partial charge in [0.15, 0.2) is 0 Å². The number of benzene rings is 2. The Morgan fingerprint density at radius 1 is 1.07 bits per heavy atom. The molecule has 0 aliphatic carbocycles. The van der Waals surface area contributed by atoms with Crippen LogP contribution in [0.4, 0.5) is 11.5 Å². The standard InChI is InChI=1S/C21H18ClN3OS/c1-12(2)23-21(26)14-7-5-6-13-18(14)25-20(15-10-11-27-19(13)15)24-17-9-4-3-8-16(17)22/h3-12H,1-2H3,(H,23,26)(H,24,25). The molecule has 1 amide bonds. The van der Waals surface area contributed by atoms with Gasteiger partial charge in [-0.1, -0.05) is 35.9 Å². The summed E-state index contributed by atoms with van der Waals surface area (Å²) in [5.41, 5.74) is 2.03. The van der Waals surface area contributed by atoms with Gasteiger partial charge in [0.25, 0.3) is 5.91 Å². The molecular weight excluding hydrogens is 378 g/mol. The first-order chi connectivity index (χ1) is 13.0. The Bertz CT molecular complexity index is 1150.